The maximum Gasteiger partial charge on any atom is 0.241 e. The van der Waals surface area contributed by atoms with Crippen molar-refractivity contribution in [3.63, 3.8) is 0 Å². The standard InChI is InChI=1S/C21H23N3O2/c1-13(2)19(22)20(25)24-17-8-6-15(7-9-17)18-12-16(5-4-14(18)3)21-23-10-11-26-21/h4-13,19H,22H2,1-3H3,(H,24,25). The Morgan fingerprint density at radius 1 is 1.12 bits per heavy atom. The second-order valence-electron chi connectivity index (χ2n) is 6.70. The second kappa shape index (κ2) is 7.54. The molecule has 0 saturated carbocycles. The average molecular weight is 349 g/mol. The van der Waals surface area contributed by atoms with Crippen LogP contribution in [0.2, 0.25) is 0 Å². The van der Waals surface area contributed by atoms with Crippen molar-refractivity contribution in [2.24, 2.45) is 11.7 Å². The van der Waals surface area contributed by atoms with Gasteiger partial charge in [-0.25, -0.2) is 4.98 Å². The van der Waals surface area contributed by atoms with E-state index in [9.17, 15) is 4.79 Å². The zero-order valence-electron chi connectivity index (χ0n) is 15.2. The highest BCUT2D eigenvalue weighted by atomic mass is 16.3. The number of amides is 1. The van der Waals surface area contributed by atoms with Crippen molar-refractivity contribution in [2.45, 2.75) is 26.8 Å². The first kappa shape index (κ1) is 17.9. The van der Waals surface area contributed by atoms with Crippen LogP contribution in [0.5, 0.6) is 0 Å². The minimum atomic E-state index is -0.519. The lowest BCUT2D eigenvalue weighted by atomic mass is 9.97. The lowest BCUT2D eigenvalue weighted by molar-refractivity contribution is -0.118. The third-order valence-corrected chi connectivity index (χ3v) is 4.40. The molecule has 0 spiro atoms. The summed E-state index contributed by atoms with van der Waals surface area (Å²) in [6.45, 7) is 5.92. The van der Waals surface area contributed by atoms with E-state index >= 15 is 0 Å². The number of hydrogen-bond donors (Lipinski definition) is 2. The van der Waals surface area contributed by atoms with E-state index in [1.165, 1.54) is 0 Å². The van der Waals surface area contributed by atoms with Gasteiger partial charge >= 0.3 is 0 Å². The number of anilines is 1. The largest absolute Gasteiger partial charge is 0.445 e. The van der Waals surface area contributed by atoms with Gasteiger partial charge in [0, 0.05) is 11.3 Å². The molecule has 1 atom stereocenters. The molecule has 1 aromatic heterocycles. The molecule has 5 heteroatoms. The number of carbonyl (C=O) groups excluding carboxylic acids is 1. The summed E-state index contributed by atoms with van der Waals surface area (Å²) in [7, 11) is 0. The predicted molar refractivity (Wildman–Crippen MR) is 104 cm³/mol. The fourth-order valence-electron chi connectivity index (χ4n) is 2.69. The third-order valence-electron chi connectivity index (χ3n) is 4.40. The number of nitrogens with two attached hydrogens (primary N) is 1. The zero-order chi connectivity index (χ0) is 18.7. The number of hydrogen-bond acceptors (Lipinski definition) is 4. The molecule has 1 unspecified atom stereocenters. The summed E-state index contributed by atoms with van der Waals surface area (Å²) >= 11 is 0. The summed E-state index contributed by atoms with van der Waals surface area (Å²) in [6.07, 6.45) is 3.20. The fraction of sp³-hybridized carbons (Fsp3) is 0.238. The van der Waals surface area contributed by atoms with Gasteiger partial charge in [0.25, 0.3) is 0 Å². The van der Waals surface area contributed by atoms with E-state index in [-0.39, 0.29) is 11.8 Å². The van der Waals surface area contributed by atoms with Crippen molar-refractivity contribution < 1.29 is 9.21 Å². The minimum absolute atomic E-state index is 0.0925. The number of carbonyl (C=O) groups is 1. The molecule has 0 bridgehead atoms. The van der Waals surface area contributed by atoms with Crippen molar-refractivity contribution >= 4 is 11.6 Å². The van der Waals surface area contributed by atoms with Crippen LogP contribution in [0.15, 0.2) is 59.3 Å². The Hall–Kier alpha value is -2.92. The Balaban J connectivity index is 1.83. The fourth-order valence-corrected chi connectivity index (χ4v) is 2.69. The molecule has 0 saturated heterocycles. The maximum absolute atomic E-state index is 12.1. The number of nitrogens with zero attached hydrogens (tertiary/aromatic N) is 1. The molecule has 1 heterocycles. The number of nitrogens with one attached hydrogen (secondary N) is 1. The molecule has 3 N–H and O–H groups in total. The van der Waals surface area contributed by atoms with Crippen LogP contribution in [0.1, 0.15) is 19.4 Å². The van der Waals surface area contributed by atoms with Crippen LogP contribution in [0.4, 0.5) is 5.69 Å². The van der Waals surface area contributed by atoms with E-state index in [2.05, 4.69) is 23.3 Å². The van der Waals surface area contributed by atoms with Crippen molar-refractivity contribution in [3.8, 4) is 22.6 Å². The van der Waals surface area contributed by atoms with Crippen LogP contribution in [-0.4, -0.2) is 16.9 Å². The molecule has 5 nitrogen and oxygen atoms in total. The third kappa shape index (κ3) is 3.83. The van der Waals surface area contributed by atoms with Gasteiger partial charge < -0.3 is 15.5 Å². The first-order valence-corrected chi connectivity index (χ1v) is 8.63. The SMILES string of the molecule is Cc1ccc(-c2ncco2)cc1-c1ccc(NC(=O)C(N)C(C)C)cc1. The molecule has 0 radical (unpaired) electrons. The highest BCUT2D eigenvalue weighted by Gasteiger charge is 2.17. The Morgan fingerprint density at radius 2 is 1.81 bits per heavy atom. The quantitative estimate of drug-likeness (QED) is 0.722. The molecule has 134 valence electrons. The van der Waals surface area contributed by atoms with Gasteiger partial charge in [-0.2, -0.15) is 0 Å². The minimum Gasteiger partial charge on any atom is -0.445 e. The molecule has 0 aliphatic carbocycles. The first-order valence-electron chi connectivity index (χ1n) is 8.63. The lowest BCUT2D eigenvalue weighted by Gasteiger charge is -2.15. The van der Waals surface area contributed by atoms with E-state index in [4.69, 9.17) is 10.2 Å². The number of rotatable bonds is 5. The van der Waals surface area contributed by atoms with Crippen LogP contribution in [0, 0.1) is 12.8 Å². The van der Waals surface area contributed by atoms with E-state index < -0.39 is 6.04 Å². The van der Waals surface area contributed by atoms with Gasteiger partial charge in [0.15, 0.2) is 0 Å². The van der Waals surface area contributed by atoms with Crippen molar-refractivity contribution in [3.05, 3.63) is 60.5 Å². The molecule has 26 heavy (non-hydrogen) atoms. The van der Waals surface area contributed by atoms with Crippen molar-refractivity contribution in [1.29, 1.82) is 0 Å². The summed E-state index contributed by atoms with van der Waals surface area (Å²) in [4.78, 5) is 16.3. The Labute approximate surface area is 153 Å². The van der Waals surface area contributed by atoms with Crippen LogP contribution >= 0.6 is 0 Å². The zero-order valence-corrected chi connectivity index (χ0v) is 15.2. The molecule has 1 amide bonds. The van der Waals surface area contributed by atoms with Gasteiger partial charge in [-0.1, -0.05) is 32.0 Å². The monoisotopic (exact) mass is 349 g/mol. The van der Waals surface area contributed by atoms with Crippen LogP contribution in [0.3, 0.4) is 0 Å². The van der Waals surface area contributed by atoms with Crippen molar-refractivity contribution in [1.82, 2.24) is 4.98 Å². The maximum atomic E-state index is 12.1. The molecule has 2 aromatic carbocycles. The average Bonchev–Trinajstić information content (AvgIpc) is 3.17. The number of aryl methyl sites for hydroxylation is 1. The van der Waals surface area contributed by atoms with Gasteiger partial charge in [-0.15, -0.1) is 0 Å². The van der Waals surface area contributed by atoms with Crippen LogP contribution in [-0.2, 0) is 4.79 Å². The van der Waals surface area contributed by atoms with E-state index in [1.807, 2.05) is 50.2 Å². The highest BCUT2D eigenvalue weighted by molar-refractivity contribution is 5.95. The van der Waals surface area contributed by atoms with Gasteiger partial charge in [-0.3, -0.25) is 4.79 Å². The molecule has 0 aliphatic heterocycles. The molecular weight excluding hydrogens is 326 g/mol. The summed E-state index contributed by atoms with van der Waals surface area (Å²) in [5, 5.41) is 2.86. The number of benzene rings is 2. The second-order valence-corrected chi connectivity index (χ2v) is 6.70. The Morgan fingerprint density at radius 3 is 2.42 bits per heavy atom. The van der Waals surface area contributed by atoms with E-state index in [0.717, 1.165) is 27.9 Å². The normalized spacial score (nSPS) is 12.2. The van der Waals surface area contributed by atoms with Gasteiger partial charge in [0.2, 0.25) is 11.8 Å². The summed E-state index contributed by atoms with van der Waals surface area (Å²) in [6, 6.07) is 13.3. The predicted octanol–water partition coefficient (Wildman–Crippen LogP) is 4.24. The van der Waals surface area contributed by atoms with Crippen molar-refractivity contribution in [2.75, 3.05) is 5.32 Å². The van der Waals surface area contributed by atoms with Crippen LogP contribution in [0.25, 0.3) is 22.6 Å². The summed E-state index contributed by atoms with van der Waals surface area (Å²) < 4.78 is 5.38. The highest BCUT2D eigenvalue weighted by Crippen LogP contribution is 2.29. The molecule has 0 fully saturated rings. The molecule has 3 rings (SSSR count). The molecule has 3 aromatic rings. The summed E-state index contributed by atoms with van der Waals surface area (Å²) in [5.41, 5.74) is 10.8. The summed E-state index contributed by atoms with van der Waals surface area (Å²) in [5.74, 6) is 0.516. The van der Waals surface area contributed by atoms with E-state index in [0.29, 0.717) is 5.89 Å². The van der Waals surface area contributed by atoms with Gasteiger partial charge in [-0.05, 0) is 53.8 Å². The molecule has 0 aliphatic rings. The lowest BCUT2D eigenvalue weighted by Crippen LogP contribution is -2.39. The van der Waals surface area contributed by atoms with Gasteiger partial charge in [0.1, 0.15) is 6.26 Å². The van der Waals surface area contributed by atoms with Gasteiger partial charge in [0.05, 0.1) is 12.2 Å². The Bertz CT molecular complexity index is 884. The van der Waals surface area contributed by atoms with E-state index in [1.54, 1.807) is 12.5 Å². The Kier molecular flexibility index (Phi) is 5.19. The first-order chi connectivity index (χ1) is 12.5. The number of aromatic nitrogens is 1. The smallest absolute Gasteiger partial charge is 0.241 e. The topological polar surface area (TPSA) is 81.2 Å². The molecular formula is C21H23N3O2. The number of oxazole rings is 1. The van der Waals surface area contributed by atoms with Crippen LogP contribution < -0.4 is 11.1 Å².